The lowest BCUT2D eigenvalue weighted by atomic mass is 10.1. The monoisotopic (exact) mass is 464 g/mol. The fourth-order valence-electron chi connectivity index (χ4n) is 3.48. The summed E-state index contributed by atoms with van der Waals surface area (Å²) in [7, 11) is 1.58. The minimum Gasteiger partial charge on any atom is -0.497 e. The van der Waals surface area contributed by atoms with Crippen molar-refractivity contribution in [1.82, 2.24) is 4.98 Å². The fraction of sp³-hybridized carbons (Fsp3) is 0.240. The predicted molar refractivity (Wildman–Crippen MR) is 127 cm³/mol. The number of carbonyl (C=O) groups is 2. The van der Waals surface area contributed by atoms with Gasteiger partial charge in [0.1, 0.15) is 17.9 Å². The number of esters is 1. The van der Waals surface area contributed by atoms with Gasteiger partial charge < -0.3 is 13.9 Å². The summed E-state index contributed by atoms with van der Waals surface area (Å²) in [6.07, 6.45) is 0. The standard InChI is InChI=1S/C25H24N2O5S/c1-14-6-7-19(10-15(14)2)27(17(4)28)25-26-18(13-33-25)12-31-24(29)23-16(3)21-11-20(30-5)8-9-22(21)32-23/h6-11,13H,12H2,1-5H3. The normalized spacial score (nSPS) is 10.9. The molecule has 33 heavy (non-hydrogen) atoms. The third-order valence-electron chi connectivity index (χ3n) is 5.47. The Labute approximate surface area is 195 Å². The molecule has 0 bridgehead atoms. The van der Waals surface area contributed by atoms with E-state index in [0.29, 0.717) is 27.7 Å². The summed E-state index contributed by atoms with van der Waals surface area (Å²) in [4.78, 5) is 31.1. The number of anilines is 2. The van der Waals surface area contributed by atoms with Gasteiger partial charge in [-0.2, -0.15) is 0 Å². The van der Waals surface area contributed by atoms with Crippen molar-refractivity contribution in [2.24, 2.45) is 0 Å². The number of thiazole rings is 1. The lowest BCUT2D eigenvalue weighted by molar-refractivity contribution is -0.115. The first-order valence-corrected chi connectivity index (χ1v) is 11.2. The topological polar surface area (TPSA) is 81.9 Å². The summed E-state index contributed by atoms with van der Waals surface area (Å²) in [5, 5.41) is 3.09. The zero-order valence-corrected chi connectivity index (χ0v) is 19.9. The average molecular weight is 465 g/mol. The number of methoxy groups -OCH3 is 1. The van der Waals surface area contributed by atoms with E-state index in [9.17, 15) is 9.59 Å². The van der Waals surface area contributed by atoms with Gasteiger partial charge in [0, 0.05) is 23.3 Å². The third-order valence-corrected chi connectivity index (χ3v) is 6.35. The molecule has 0 spiro atoms. The molecule has 2 heterocycles. The molecule has 2 aromatic carbocycles. The van der Waals surface area contributed by atoms with E-state index in [1.54, 1.807) is 36.4 Å². The molecule has 0 N–H and O–H groups in total. The zero-order valence-electron chi connectivity index (χ0n) is 19.1. The molecule has 0 aliphatic rings. The lowest BCUT2D eigenvalue weighted by Crippen LogP contribution is -2.22. The quantitative estimate of drug-likeness (QED) is 0.332. The molecule has 0 saturated heterocycles. The van der Waals surface area contributed by atoms with E-state index in [1.807, 2.05) is 38.1 Å². The van der Waals surface area contributed by atoms with Gasteiger partial charge in [-0.1, -0.05) is 6.07 Å². The second-order valence-electron chi connectivity index (χ2n) is 7.74. The highest BCUT2D eigenvalue weighted by atomic mass is 32.1. The Hall–Kier alpha value is -3.65. The highest BCUT2D eigenvalue weighted by Crippen LogP contribution is 2.31. The van der Waals surface area contributed by atoms with Crippen molar-refractivity contribution < 1.29 is 23.5 Å². The van der Waals surface area contributed by atoms with Gasteiger partial charge >= 0.3 is 5.97 Å². The Morgan fingerprint density at radius 2 is 1.88 bits per heavy atom. The number of rotatable bonds is 6. The van der Waals surface area contributed by atoms with Crippen molar-refractivity contribution in [1.29, 1.82) is 0 Å². The average Bonchev–Trinajstić information content (AvgIpc) is 3.38. The second-order valence-corrected chi connectivity index (χ2v) is 8.58. The van der Waals surface area contributed by atoms with E-state index in [0.717, 1.165) is 22.2 Å². The van der Waals surface area contributed by atoms with Crippen LogP contribution >= 0.6 is 11.3 Å². The summed E-state index contributed by atoms with van der Waals surface area (Å²) in [6.45, 7) is 7.29. The van der Waals surface area contributed by atoms with E-state index in [-0.39, 0.29) is 18.3 Å². The molecule has 4 rings (SSSR count). The van der Waals surface area contributed by atoms with Crippen molar-refractivity contribution in [3.63, 3.8) is 0 Å². The van der Waals surface area contributed by atoms with Crippen LogP contribution < -0.4 is 9.64 Å². The highest BCUT2D eigenvalue weighted by molar-refractivity contribution is 7.14. The molecule has 8 heteroatoms. The molecule has 1 amide bonds. The number of ether oxygens (including phenoxy) is 2. The van der Waals surface area contributed by atoms with Gasteiger partial charge in [-0.25, -0.2) is 9.78 Å². The summed E-state index contributed by atoms with van der Waals surface area (Å²) >= 11 is 1.31. The Kier molecular flexibility index (Phi) is 6.20. The van der Waals surface area contributed by atoms with E-state index < -0.39 is 5.97 Å². The number of fused-ring (bicyclic) bond motifs is 1. The molecule has 0 unspecified atom stereocenters. The van der Waals surface area contributed by atoms with Crippen LogP contribution in [0.5, 0.6) is 5.75 Å². The van der Waals surface area contributed by atoms with Crippen LogP contribution in [-0.4, -0.2) is 24.0 Å². The highest BCUT2D eigenvalue weighted by Gasteiger charge is 2.22. The predicted octanol–water partition coefficient (Wildman–Crippen LogP) is 5.86. The fourth-order valence-corrected chi connectivity index (χ4v) is 4.36. The van der Waals surface area contributed by atoms with Crippen molar-refractivity contribution in [2.75, 3.05) is 12.0 Å². The number of benzene rings is 2. The Morgan fingerprint density at radius 1 is 1.09 bits per heavy atom. The molecule has 170 valence electrons. The van der Waals surface area contributed by atoms with Gasteiger partial charge in [-0.05, 0) is 62.2 Å². The summed E-state index contributed by atoms with van der Waals surface area (Å²) in [5.41, 5.74) is 4.80. The number of aryl methyl sites for hydroxylation is 3. The van der Waals surface area contributed by atoms with Crippen LogP contribution in [0.15, 0.2) is 46.2 Å². The summed E-state index contributed by atoms with van der Waals surface area (Å²) < 4.78 is 16.4. The Morgan fingerprint density at radius 3 is 2.58 bits per heavy atom. The van der Waals surface area contributed by atoms with Crippen molar-refractivity contribution in [2.45, 2.75) is 34.3 Å². The molecule has 0 saturated carbocycles. The van der Waals surface area contributed by atoms with Gasteiger partial charge in [-0.3, -0.25) is 9.69 Å². The van der Waals surface area contributed by atoms with Crippen LogP contribution in [0, 0.1) is 20.8 Å². The Balaban J connectivity index is 1.51. The first kappa shape index (κ1) is 22.5. The number of nitrogens with zero attached hydrogens (tertiary/aromatic N) is 2. The third kappa shape index (κ3) is 4.47. The summed E-state index contributed by atoms with van der Waals surface area (Å²) in [5.74, 6) is 0.105. The molecule has 0 aliphatic carbocycles. The van der Waals surface area contributed by atoms with Gasteiger partial charge in [0.15, 0.2) is 5.13 Å². The van der Waals surface area contributed by atoms with Crippen LogP contribution in [0.4, 0.5) is 10.8 Å². The molecule has 0 aliphatic heterocycles. The number of hydrogen-bond acceptors (Lipinski definition) is 7. The zero-order chi connectivity index (χ0) is 23.7. The van der Waals surface area contributed by atoms with Gasteiger partial charge in [0.25, 0.3) is 0 Å². The van der Waals surface area contributed by atoms with E-state index in [4.69, 9.17) is 13.9 Å². The molecule has 4 aromatic rings. The maximum Gasteiger partial charge on any atom is 0.374 e. The van der Waals surface area contributed by atoms with Crippen LogP contribution in [0.25, 0.3) is 11.0 Å². The van der Waals surface area contributed by atoms with E-state index in [2.05, 4.69) is 4.98 Å². The van der Waals surface area contributed by atoms with Crippen LogP contribution in [0.2, 0.25) is 0 Å². The van der Waals surface area contributed by atoms with Gasteiger partial charge in [0.05, 0.1) is 18.5 Å². The summed E-state index contributed by atoms with van der Waals surface area (Å²) in [6, 6.07) is 11.2. The largest absolute Gasteiger partial charge is 0.497 e. The molecule has 7 nitrogen and oxygen atoms in total. The molecule has 0 radical (unpaired) electrons. The Bertz CT molecular complexity index is 1350. The maximum atomic E-state index is 12.7. The molecule has 2 aromatic heterocycles. The second kappa shape index (κ2) is 9.07. The smallest absolute Gasteiger partial charge is 0.374 e. The number of carbonyl (C=O) groups excluding carboxylic acids is 2. The van der Waals surface area contributed by atoms with E-state index >= 15 is 0 Å². The van der Waals surface area contributed by atoms with Gasteiger partial charge in [0.2, 0.25) is 11.7 Å². The number of aromatic nitrogens is 1. The first-order chi connectivity index (χ1) is 15.8. The molecule has 0 fully saturated rings. The van der Waals surface area contributed by atoms with Crippen molar-refractivity contribution in [3.05, 3.63) is 69.9 Å². The minimum atomic E-state index is -0.574. The van der Waals surface area contributed by atoms with Crippen LogP contribution in [-0.2, 0) is 16.1 Å². The maximum absolute atomic E-state index is 12.7. The van der Waals surface area contributed by atoms with E-state index in [1.165, 1.54) is 18.3 Å². The first-order valence-electron chi connectivity index (χ1n) is 10.3. The number of amides is 1. The van der Waals surface area contributed by atoms with Gasteiger partial charge in [-0.15, -0.1) is 11.3 Å². The van der Waals surface area contributed by atoms with Crippen LogP contribution in [0.1, 0.15) is 39.9 Å². The molecule has 0 atom stereocenters. The SMILES string of the molecule is COc1ccc2oc(C(=O)OCc3csc(N(C(C)=O)c4ccc(C)c(C)c4)n3)c(C)c2c1. The van der Waals surface area contributed by atoms with Crippen LogP contribution in [0.3, 0.4) is 0 Å². The van der Waals surface area contributed by atoms with Crippen molar-refractivity contribution >= 4 is 45.0 Å². The van der Waals surface area contributed by atoms with Crippen molar-refractivity contribution in [3.8, 4) is 5.75 Å². The molecular formula is C25H24N2O5S. The number of furan rings is 1. The molecular weight excluding hydrogens is 440 g/mol. The lowest BCUT2D eigenvalue weighted by Gasteiger charge is -2.19. The number of hydrogen-bond donors (Lipinski definition) is 0. The minimum absolute atomic E-state index is 0.0339.